The molecule has 2 aliphatic heterocycles. The largest absolute Gasteiger partial charge is 0.496 e. The second-order valence-electron chi connectivity index (χ2n) is 7.77. The first-order valence-corrected chi connectivity index (χ1v) is 9.74. The van der Waals surface area contributed by atoms with Crippen molar-refractivity contribution in [2.24, 2.45) is 0 Å². The van der Waals surface area contributed by atoms with E-state index in [9.17, 15) is 9.59 Å². The highest BCUT2D eigenvalue weighted by Gasteiger charge is 2.51. The minimum absolute atomic E-state index is 0.217. The van der Waals surface area contributed by atoms with E-state index >= 15 is 0 Å². The van der Waals surface area contributed by atoms with Crippen LogP contribution in [0, 0.1) is 0 Å². The number of carbonyl (C=O) groups excluding carboxylic acids is 2. The van der Waals surface area contributed by atoms with Crippen LogP contribution in [-0.2, 0) is 16.1 Å². The lowest BCUT2D eigenvalue weighted by molar-refractivity contribution is -0.149. The zero-order chi connectivity index (χ0) is 19.6. The Balaban J connectivity index is 1.90. The van der Waals surface area contributed by atoms with Gasteiger partial charge in [-0.25, -0.2) is 4.79 Å². The van der Waals surface area contributed by atoms with Crippen LogP contribution in [0.15, 0.2) is 18.2 Å². The number of rotatable bonds is 5. The Hall–Kier alpha value is -2.08. The molecule has 1 spiro atoms. The van der Waals surface area contributed by atoms with Crippen molar-refractivity contribution in [2.75, 3.05) is 27.3 Å². The van der Waals surface area contributed by atoms with E-state index in [2.05, 4.69) is 18.7 Å². The first kappa shape index (κ1) is 19.7. The zero-order valence-electron chi connectivity index (χ0n) is 16.8. The van der Waals surface area contributed by atoms with Gasteiger partial charge in [-0.1, -0.05) is 0 Å². The van der Waals surface area contributed by atoms with Gasteiger partial charge in [0.05, 0.1) is 19.8 Å². The van der Waals surface area contributed by atoms with Gasteiger partial charge in [0.15, 0.2) is 0 Å². The average molecular weight is 374 g/mol. The predicted molar refractivity (Wildman–Crippen MR) is 103 cm³/mol. The lowest BCUT2D eigenvalue weighted by atomic mass is 9.84. The molecule has 1 amide bonds. The van der Waals surface area contributed by atoms with Crippen LogP contribution in [0.5, 0.6) is 5.75 Å². The van der Waals surface area contributed by atoms with E-state index in [1.165, 1.54) is 7.11 Å². The number of carbonyl (C=O) groups is 2. The summed E-state index contributed by atoms with van der Waals surface area (Å²) in [6, 6.07) is 5.55. The molecule has 0 N–H and O–H groups in total. The Morgan fingerprint density at radius 2 is 1.89 bits per heavy atom. The van der Waals surface area contributed by atoms with Gasteiger partial charge < -0.3 is 14.4 Å². The molecule has 1 atom stereocenters. The molecule has 0 aliphatic carbocycles. The molecule has 148 valence electrons. The number of esters is 1. The molecule has 1 aromatic rings. The number of benzene rings is 1. The van der Waals surface area contributed by atoms with Gasteiger partial charge in [0.2, 0.25) is 5.91 Å². The summed E-state index contributed by atoms with van der Waals surface area (Å²) in [4.78, 5) is 29.6. The Morgan fingerprint density at radius 1 is 1.19 bits per heavy atom. The lowest BCUT2D eigenvalue weighted by Gasteiger charge is -2.46. The molecular formula is C21H30N2O4. The van der Waals surface area contributed by atoms with E-state index in [0.29, 0.717) is 12.1 Å². The molecule has 0 bridgehead atoms. The maximum absolute atomic E-state index is 13.3. The third kappa shape index (κ3) is 3.55. The standard InChI is InChI=1S/C21H30N2O4/c1-15(2)23-12-6-10-21(20(23)25)9-5-11-22(21)14-17-13-16(19(24)27-4)7-8-18(17)26-3/h7-8,13,15H,5-6,9-12,14H2,1-4H3. The summed E-state index contributed by atoms with van der Waals surface area (Å²) in [6.07, 6.45) is 3.83. The number of likely N-dealkylation sites (tertiary alicyclic amines) is 2. The summed E-state index contributed by atoms with van der Waals surface area (Å²) < 4.78 is 10.4. The number of methoxy groups -OCH3 is 2. The lowest BCUT2D eigenvalue weighted by Crippen LogP contribution is -2.61. The van der Waals surface area contributed by atoms with Crippen molar-refractivity contribution in [1.82, 2.24) is 9.80 Å². The highest BCUT2D eigenvalue weighted by molar-refractivity contribution is 5.90. The maximum Gasteiger partial charge on any atom is 0.337 e. The van der Waals surface area contributed by atoms with Crippen molar-refractivity contribution < 1.29 is 19.1 Å². The SMILES string of the molecule is COC(=O)c1ccc(OC)c(CN2CCCC23CCCN(C(C)C)C3=O)c1. The number of nitrogens with zero attached hydrogens (tertiary/aromatic N) is 2. The van der Waals surface area contributed by atoms with Crippen molar-refractivity contribution in [2.45, 2.75) is 57.7 Å². The fourth-order valence-electron chi connectivity index (χ4n) is 4.55. The number of ether oxygens (including phenoxy) is 2. The fourth-order valence-corrected chi connectivity index (χ4v) is 4.55. The quantitative estimate of drug-likeness (QED) is 0.742. The van der Waals surface area contributed by atoms with Crippen LogP contribution < -0.4 is 4.74 Å². The number of piperidine rings is 1. The minimum Gasteiger partial charge on any atom is -0.496 e. The summed E-state index contributed by atoms with van der Waals surface area (Å²) in [6.45, 7) is 6.47. The molecule has 27 heavy (non-hydrogen) atoms. The summed E-state index contributed by atoms with van der Waals surface area (Å²) >= 11 is 0. The van der Waals surface area contributed by atoms with Gasteiger partial charge in [-0.3, -0.25) is 9.69 Å². The number of hydrogen-bond donors (Lipinski definition) is 0. The number of hydrogen-bond acceptors (Lipinski definition) is 5. The van der Waals surface area contributed by atoms with Gasteiger partial charge in [0.1, 0.15) is 11.3 Å². The second-order valence-corrected chi connectivity index (χ2v) is 7.77. The van der Waals surface area contributed by atoms with Crippen LogP contribution in [0.3, 0.4) is 0 Å². The van der Waals surface area contributed by atoms with E-state index in [1.54, 1.807) is 19.2 Å². The molecule has 1 unspecified atom stereocenters. The third-order valence-electron chi connectivity index (χ3n) is 5.96. The Kier molecular flexibility index (Phi) is 5.75. The first-order valence-electron chi connectivity index (χ1n) is 9.74. The van der Waals surface area contributed by atoms with Crippen LogP contribution in [0.1, 0.15) is 55.5 Å². The highest BCUT2D eigenvalue weighted by atomic mass is 16.5. The molecular weight excluding hydrogens is 344 g/mol. The van der Waals surface area contributed by atoms with Crippen LogP contribution in [0.2, 0.25) is 0 Å². The predicted octanol–water partition coefficient (Wildman–Crippen LogP) is 2.85. The van der Waals surface area contributed by atoms with Gasteiger partial charge in [-0.15, -0.1) is 0 Å². The molecule has 2 heterocycles. The second kappa shape index (κ2) is 7.89. The van der Waals surface area contributed by atoms with Gasteiger partial charge in [-0.05, 0) is 64.3 Å². The molecule has 2 fully saturated rings. The minimum atomic E-state index is -0.422. The van der Waals surface area contributed by atoms with Crippen LogP contribution >= 0.6 is 0 Å². The van der Waals surface area contributed by atoms with Gasteiger partial charge >= 0.3 is 5.97 Å². The van der Waals surface area contributed by atoms with Crippen LogP contribution in [-0.4, -0.2) is 60.6 Å². The zero-order valence-corrected chi connectivity index (χ0v) is 16.8. The first-order chi connectivity index (χ1) is 12.9. The fraction of sp³-hybridized carbons (Fsp3) is 0.619. The molecule has 3 rings (SSSR count). The van der Waals surface area contributed by atoms with Crippen molar-refractivity contribution in [1.29, 1.82) is 0 Å². The maximum atomic E-state index is 13.3. The Bertz CT molecular complexity index is 718. The Morgan fingerprint density at radius 3 is 2.52 bits per heavy atom. The van der Waals surface area contributed by atoms with E-state index in [4.69, 9.17) is 9.47 Å². The van der Waals surface area contributed by atoms with Crippen LogP contribution in [0.25, 0.3) is 0 Å². The van der Waals surface area contributed by atoms with Gasteiger partial charge in [-0.2, -0.15) is 0 Å². The molecule has 1 aromatic carbocycles. The van der Waals surface area contributed by atoms with Gasteiger partial charge in [0.25, 0.3) is 0 Å². The normalized spacial score (nSPS) is 23.3. The van der Waals surface area contributed by atoms with Crippen molar-refractivity contribution >= 4 is 11.9 Å². The van der Waals surface area contributed by atoms with Crippen LogP contribution in [0.4, 0.5) is 0 Å². The summed E-state index contributed by atoms with van der Waals surface area (Å²) in [5.41, 5.74) is 0.992. The average Bonchev–Trinajstić information content (AvgIpc) is 3.06. The molecule has 6 nitrogen and oxygen atoms in total. The molecule has 0 saturated carbocycles. The van der Waals surface area contributed by atoms with E-state index in [0.717, 1.165) is 50.1 Å². The molecule has 2 aliphatic rings. The van der Waals surface area contributed by atoms with Gasteiger partial charge in [0, 0.05) is 24.7 Å². The van der Waals surface area contributed by atoms with Crippen molar-refractivity contribution in [3.05, 3.63) is 29.3 Å². The topological polar surface area (TPSA) is 59.1 Å². The van der Waals surface area contributed by atoms with Crippen molar-refractivity contribution in [3.8, 4) is 5.75 Å². The summed E-state index contributed by atoms with van der Waals surface area (Å²) in [7, 11) is 3.01. The summed E-state index contributed by atoms with van der Waals surface area (Å²) in [5.74, 6) is 0.618. The molecule has 2 saturated heterocycles. The summed E-state index contributed by atoms with van der Waals surface area (Å²) in [5, 5.41) is 0. The molecule has 0 radical (unpaired) electrons. The molecule has 6 heteroatoms. The Labute approximate surface area is 161 Å². The number of amides is 1. The van der Waals surface area contributed by atoms with E-state index in [1.807, 2.05) is 11.0 Å². The highest BCUT2D eigenvalue weighted by Crippen LogP contribution is 2.40. The molecule has 0 aromatic heterocycles. The van der Waals surface area contributed by atoms with E-state index < -0.39 is 5.54 Å². The van der Waals surface area contributed by atoms with E-state index in [-0.39, 0.29) is 17.9 Å². The van der Waals surface area contributed by atoms with Crippen molar-refractivity contribution in [3.63, 3.8) is 0 Å². The smallest absolute Gasteiger partial charge is 0.337 e. The third-order valence-corrected chi connectivity index (χ3v) is 5.96. The monoisotopic (exact) mass is 374 g/mol.